The molecule has 0 aromatic heterocycles. The lowest BCUT2D eigenvalue weighted by Gasteiger charge is -2.14. The van der Waals surface area contributed by atoms with E-state index in [1.165, 1.54) is 32.2 Å². The number of anilines is 1. The number of esters is 1. The first kappa shape index (κ1) is 21.4. The fourth-order valence-corrected chi connectivity index (χ4v) is 2.43. The minimum atomic E-state index is -1.13. The van der Waals surface area contributed by atoms with Gasteiger partial charge in [-0.3, -0.25) is 19.7 Å². The maximum absolute atomic E-state index is 12.2. The van der Waals surface area contributed by atoms with Crippen LogP contribution in [0.5, 0.6) is 5.75 Å². The Balaban J connectivity index is 1.92. The summed E-state index contributed by atoms with van der Waals surface area (Å²) < 4.78 is 10.0. The standard InChI is InChI=1S/C20H19N3O6/c1-13(29-19(24)10-7-14-3-5-15(12-21)6-4-14)20(25)22-17-9-8-16(28-2)11-18(17)23(26)27/h3-6,8-9,11,13H,7,10H2,1-2H3,(H,22,25). The Labute approximate surface area is 167 Å². The van der Waals surface area contributed by atoms with Crippen molar-refractivity contribution in [2.24, 2.45) is 0 Å². The Morgan fingerprint density at radius 3 is 2.52 bits per heavy atom. The number of amides is 1. The van der Waals surface area contributed by atoms with Crippen molar-refractivity contribution in [1.82, 2.24) is 0 Å². The number of aryl methyl sites for hydroxylation is 1. The van der Waals surface area contributed by atoms with Crippen LogP contribution in [0.1, 0.15) is 24.5 Å². The van der Waals surface area contributed by atoms with Gasteiger partial charge in [-0.05, 0) is 43.2 Å². The van der Waals surface area contributed by atoms with Crippen LogP contribution in [0, 0.1) is 21.4 Å². The van der Waals surface area contributed by atoms with E-state index in [-0.39, 0.29) is 23.5 Å². The van der Waals surface area contributed by atoms with Crippen molar-refractivity contribution >= 4 is 23.3 Å². The van der Waals surface area contributed by atoms with E-state index in [1.807, 2.05) is 6.07 Å². The molecule has 0 saturated carbocycles. The van der Waals surface area contributed by atoms with Crippen LogP contribution in [0.3, 0.4) is 0 Å². The van der Waals surface area contributed by atoms with Crippen molar-refractivity contribution in [3.63, 3.8) is 0 Å². The van der Waals surface area contributed by atoms with Crippen molar-refractivity contribution in [1.29, 1.82) is 5.26 Å². The van der Waals surface area contributed by atoms with Crippen LogP contribution in [-0.4, -0.2) is 30.0 Å². The van der Waals surface area contributed by atoms with Gasteiger partial charge in [0.2, 0.25) is 0 Å². The predicted octanol–water partition coefficient (Wildman–Crippen LogP) is 2.98. The molecule has 29 heavy (non-hydrogen) atoms. The summed E-state index contributed by atoms with van der Waals surface area (Å²) in [6.07, 6.45) is -0.695. The second kappa shape index (κ2) is 9.85. The smallest absolute Gasteiger partial charge is 0.306 e. The second-order valence-corrected chi connectivity index (χ2v) is 6.07. The largest absolute Gasteiger partial charge is 0.496 e. The van der Waals surface area contributed by atoms with Crippen molar-refractivity contribution < 1.29 is 24.0 Å². The summed E-state index contributed by atoms with van der Waals surface area (Å²) >= 11 is 0. The van der Waals surface area contributed by atoms with Crippen LogP contribution in [-0.2, 0) is 20.7 Å². The fourth-order valence-electron chi connectivity index (χ4n) is 2.43. The number of nitriles is 1. The van der Waals surface area contributed by atoms with E-state index in [0.29, 0.717) is 12.0 Å². The van der Waals surface area contributed by atoms with E-state index in [4.69, 9.17) is 14.7 Å². The first-order chi connectivity index (χ1) is 13.8. The molecule has 1 unspecified atom stereocenters. The molecule has 1 amide bonds. The topological polar surface area (TPSA) is 132 Å². The number of ether oxygens (including phenoxy) is 2. The van der Waals surface area contributed by atoms with Gasteiger partial charge in [0, 0.05) is 6.42 Å². The monoisotopic (exact) mass is 397 g/mol. The summed E-state index contributed by atoms with van der Waals surface area (Å²) in [5.41, 5.74) is 1.01. The molecule has 2 aromatic rings. The number of hydrogen-bond donors (Lipinski definition) is 1. The average Bonchev–Trinajstić information content (AvgIpc) is 2.72. The molecule has 0 heterocycles. The van der Waals surface area contributed by atoms with E-state index in [9.17, 15) is 19.7 Å². The van der Waals surface area contributed by atoms with E-state index in [0.717, 1.165) is 5.56 Å². The van der Waals surface area contributed by atoms with Crippen molar-refractivity contribution in [2.45, 2.75) is 25.9 Å². The van der Waals surface area contributed by atoms with E-state index in [2.05, 4.69) is 5.32 Å². The highest BCUT2D eigenvalue weighted by atomic mass is 16.6. The zero-order valence-electron chi connectivity index (χ0n) is 15.9. The number of rotatable bonds is 8. The Morgan fingerprint density at radius 1 is 1.24 bits per heavy atom. The van der Waals surface area contributed by atoms with Crippen molar-refractivity contribution in [3.05, 3.63) is 63.7 Å². The molecule has 2 aromatic carbocycles. The van der Waals surface area contributed by atoms with Gasteiger partial charge < -0.3 is 14.8 Å². The van der Waals surface area contributed by atoms with Crippen LogP contribution < -0.4 is 10.1 Å². The van der Waals surface area contributed by atoms with Crippen LogP contribution in [0.25, 0.3) is 0 Å². The lowest BCUT2D eigenvalue weighted by Crippen LogP contribution is -2.30. The number of nitro benzene ring substituents is 1. The molecule has 2 rings (SSSR count). The first-order valence-corrected chi connectivity index (χ1v) is 8.66. The molecule has 1 N–H and O–H groups in total. The lowest BCUT2D eigenvalue weighted by molar-refractivity contribution is -0.384. The van der Waals surface area contributed by atoms with Gasteiger partial charge in [-0.2, -0.15) is 5.26 Å². The third-order valence-electron chi connectivity index (χ3n) is 4.04. The van der Waals surface area contributed by atoms with Crippen LogP contribution in [0.15, 0.2) is 42.5 Å². The van der Waals surface area contributed by atoms with Gasteiger partial charge in [0.1, 0.15) is 11.4 Å². The van der Waals surface area contributed by atoms with Gasteiger partial charge in [-0.1, -0.05) is 12.1 Å². The maximum atomic E-state index is 12.2. The molecular weight excluding hydrogens is 378 g/mol. The maximum Gasteiger partial charge on any atom is 0.306 e. The van der Waals surface area contributed by atoms with Crippen molar-refractivity contribution in [3.8, 4) is 11.8 Å². The van der Waals surface area contributed by atoms with Crippen LogP contribution in [0.2, 0.25) is 0 Å². The minimum absolute atomic E-state index is 0.0266. The molecule has 0 aliphatic heterocycles. The lowest BCUT2D eigenvalue weighted by atomic mass is 10.1. The first-order valence-electron chi connectivity index (χ1n) is 8.66. The third-order valence-corrected chi connectivity index (χ3v) is 4.04. The van der Waals surface area contributed by atoms with Gasteiger partial charge in [0.15, 0.2) is 6.10 Å². The number of benzene rings is 2. The molecule has 0 fully saturated rings. The molecular formula is C20H19N3O6. The molecule has 9 nitrogen and oxygen atoms in total. The molecule has 0 saturated heterocycles. The molecule has 150 valence electrons. The molecule has 0 bridgehead atoms. The zero-order valence-corrected chi connectivity index (χ0v) is 15.9. The highest BCUT2D eigenvalue weighted by molar-refractivity contribution is 5.97. The minimum Gasteiger partial charge on any atom is -0.496 e. The molecule has 0 aliphatic rings. The number of hydrogen-bond acceptors (Lipinski definition) is 7. The molecule has 0 radical (unpaired) electrons. The highest BCUT2D eigenvalue weighted by Gasteiger charge is 2.22. The molecule has 9 heteroatoms. The summed E-state index contributed by atoms with van der Waals surface area (Å²) in [7, 11) is 1.37. The number of methoxy groups -OCH3 is 1. The highest BCUT2D eigenvalue weighted by Crippen LogP contribution is 2.29. The van der Waals surface area contributed by atoms with E-state index >= 15 is 0 Å². The van der Waals surface area contributed by atoms with Gasteiger partial charge in [-0.15, -0.1) is 0 Å². The Morgan fingerprint density at radius 2 is 1.93 bits per heavy atom. The van der Waals surface area contributed by atoms with E-state index < -0.39 is 22.9 Å². The summed E-state index contributed by atoms with van der Waals surface area (Å²) in [6, 6.07) is 12.8. The number of carbonyl (C=O) groups is 2. The SMILES string of the molecule is COc1ccc(NC(=O)C(C)OC(=O)CCc2ccc(C#N)cc2)c([N+](=O)[O-])c1. The van der Waals surface area contributed by atoms with Gasteiger partial charge in [0.05, 0.1) is 29.7 Å². The number of nitrogens with one attached hydrogen (secondary N) is 1. The zero-order chi connectivity index (χ0) is 21.4. The number of nitrogens with zero attached hydrogens (tertiary/aromatic N) is 2. The summed E-state index contributed by atoms with van der Waals surface area (Å²) in [6.45, 7) is 1.38. The van der Waals surface area contributed by atoms with Crippen LogP contribution >= 0.6 is 0 Å². The van der Waals surface area contributed by atoms with Crippen molar-refractivity contribution in [2.75, 3.05) is 12.4 Å². The average molecular weight is 397 g/mol. The molecule has 0 spiro atoms. The van der Waals surface area contributed by atoms with Crippen LogP contribution in [0.4, 0.5) is 11.4 Å². The summed E-state index contributed by atoms with van der Waals surface area (Å²) in [5, 5.41) is 22.3. The number of carbonyl (C=O) groups excluding carboxylic acids is 2. The van der Waals surface area contributed by atoms with Gasteiger partial charge in [-0.25, -0.2) is 0 Å². The van der Waals surface area contributed by atoms with E-state index in [1.54, 1.807) is 24.3 Å². The summed E-state index contributed by atoms with van der Waals surface area (Å²) in [4.78, 5) is 34.8. The Kier molecular flexibility index (Phi) is 7.26. The quantitative estimate of drug-likeness (QED) is 0.411. The normalized spacial score (nSPS) is 11.1. The summed E-state index contributed by atoms with van der Waals surface area (Å²) in [5.74, 6) is -0.997. The second-order valence-electron chi connectivity index (χ2n) is 6.07. The Hall–Kier alpha value is -3.93. The predicted molar refractivity (Wildman–Crippen MR) is 103 cm³/mol. The molecule has 0 aliphatic carbocycles. The molecule has 1 atom stereocenters. The Bertz CT molecular complexity index is 950. The van der Waals surface area contributed by atoms with Gasteiger partial charge >= 0.3 is 5.97 Å². The number of nitro groups is 1. The third kappa shape index (κ3) is 6.04. The fraction of sp³-hybridized carbons (Fsp3) is 0.250. The van der Waals surface area contributed by atoms with Gasteiger partial charge in [0.25, 0.3) is 11.6 Å².